The first-order valence-electron chi connectivity index (χ1n) is 6.41. The zero-order valence-electron chi connectivity index (χ0n) is 10.6. The average molecular weight is 249 g/mol. The first-order chi connectivity index (χ1) is 7.70. The van der Waals surface area contributed by atoms with Crippen molar-refractivity contribution in [1.29, 1.82) is 0 Å². The van der Waals surface area contributed by atoms with Crippen molar-refractivity contribution in [3.63, 3.8) is 0 Å². The molecule has 0 N–H and O–H groups in total. The topological polar surface area (TPSA) is 26.3 Å². The molecule has 16 heavy (non-hydrogen) atoms. The molecular weight excluding hydrogens is 224 g/mol. The summed E-state index contributed by atoms with van der Waals surface area (Å²) in [5.41, 5.74) is 0. The Kier molecular flexibility index (Phi) is 11.1. The van der Waals surface area contributed by atoms with E-state index < -0.39 is 0 Å². The molecule has 1 atom stereocenters. The lowest BCUT2D eigenvalue weighted by molar-refractivity contribution is -0.140. The summed E-state index contributed by atoms with van der Waals surface area (Å²) in [5, 5.41) is 0.360. The fraction of sp³-hybridized carbons (Fsp3) is 0.923. The Morgan fingerprint density at radius 2 is 1.69 bits per heavy atom. The van der Waals surface area contributed by atoms with Crippen LogP contribution in [0.2, 0.25) is 0 Å². The number of carbonyl (C=O) groups excluding carboxylic acids is 1. The van der Waals surface area contributed by atoms with E-state index in [4.69, 9.17) is 11.6 Å². The standard InChI is InChI=1S/C13H25ClO2/c1-3-12(14)10-8-6-4-5-7-9-11-13(15)16-2/h12H,3-11H2,1-2H3. The van der Waals surface area contributed by atoms with Gasteiger partial charge in [-0.2, -0.15) is 0 Å². The fourth-order valence-corrected chi connectivity index (χ4v) is 1.80. The number of hydrogen-bond acceptors (Lipinski definition) is 2. The number of halogens is 1. The Labute approximate surface area is 105 Å². The van der Waals surface area contributed by atoms with Gasteiger partial charge in [0, 0.05) is 11.8 Å². The summed E-state index contributed by atoms with van der Waals surface area (Å²) in [4.78, 5) is 10.8. The molecule has 0 aromatic heterocycles. The number of unbranched alkanes of at least 4 members (excludes halogenated alkanes) is 5. The fourth-order valence-electron chi connectivity index (χ4n) is 1.65. The molecule has 0 rings (SSSR count). The maximum absolute atomic E-state index is 10.8. The largest absolute Gasteiger partial charge is 0.469 e. The molecule has 0 aliphatic rings. The molecular formula is C13H25ClO2. The predicted molar refractivity (Wildman–Crippen MR) is 68.9 cm³/mol. The monoisotopic (exact) mass is 248 g/mol. The highest BCUT2D eigenvalue weighted by Gasteiger charge is 2.01. The van der Waals surface area contributed by atoms with Crippen LogP contribution in [0.3, 0.4) is 0 Å². The second-order valence-corrected chi connectivity index (χ2v) is 4.86. The van der Waals surface area contributed by atoms with Gasteiger partial charge >= 0.3 is 5.97 Å². The van der Waals surface area contributed by atoms with Gasteiger partial charge in [-0.3, -0.25) is 4.79 Å². The average Bonchev–Trinajstić information content (AvgIpc) is 2.31. The summed E-state index contributed by atoms with van der Waals surface area (Å²) in [5.74, 6) is -0.0899. The van der Waals surface area contributed by atoms with Crippen LogP contribution in [0.15, 0.2) is 0 Å². The van der Waals surface area contributed by atoms with E-state index in [0.29, 0.717) is 11.8 Å². The highest BCUT2D eigenvalue weighted by Crippen LogP contribution is 2.14. The number of carbonyl (C=O) groups is 1. The molecule has 0 spiro atoms. The summed E-state index contributed by atoms with van der Waals surface area (Å²) in [6.45, 7) is 2.13. The van der Waals surface area contributed by atoms with E-state index in [1.165, 1.54) is 32.8 Å². The normalized spacial score (nSPS) is 12.4. The van der Waals surface area contributed by atoms with E-state index in [1.54, 1.807) is 0 Å². The quantitative estimate of drug-likeness (QED) is 0.327. The van der Waals surface area contributed by atoms with Gasteiger partial charge in [0.05, 0.1) is 7.11 Å². The van der Waals surface area contributed by atoms with Crippen LogP contribution in [-0.2, 0) is 9.53 Å². The number of methoxy groups -OCH3 is 1. The lowest BCUT2D eigenvalue weighted by atomic mass is 10.1. The Morgan fingerprint density at radius 1 is 1.12 bits per heavy atom. The zero-order chi connectivity index (χ0) is 12.2. The van der Waals surface area contributed by atoms with Gasteiger partial charge in [0.15, 0.2) is 0 Å². The van der Waals surface area contributed by atoms with Crippen molar-refractivity contribution in [2.75, 3.05) is 7.11 Å². The highest BCUT2D eigenvalue weighted by atomic mass is 35.5. The lowest BCUT2D eigenvalue weighted by Gasteiger charge is -2.05. The van der Waals surface area contributed by atoms with Crippen molar-refractivity contribution < 1.29 is 9.53 Å². The maximum atomic E-state index is 10.8. The number of esters is 1. The molecule has 0 saturated heterocycles. The summed E-state index contributed by atoms with van der Waals surface area (Å²) in [6, 6.07) is 0. The summed E-state index contributed by atoms with van der Waals surface area (Å²) in [7, 11) is 1.44. The number of hydrogen-bond donors (Lipinski definition) is 0. The van der Waals surface area contributed by atoms with Gasteiger partial charge in [-0.1, -0.05) is 39.0 Å². The van der Waals surface area contributed by atoms with E-state index in [9.17, 15) is 4.79 Å². The molecule has 2 nitrogen and oxygen atoms in total. The minimum Gasteiger partial charge on any atom is -0.469 e. The van der Waals surface area contributed by atoms with Crippen LogP contribution >= 0.6 is 11.6 Å². The molecule has 0 aromatic carbocycles. The second kappa shape index (κ2) is 11.3. The van der Waals surface area contributed by atoms with Crippen LogP contribution in [0.1, 0.15) is 64.7 Å². The molecule has 1 unspecified atom stereocenters. The number of rotatable bonds is 10. The van der Waals surface area contributed by atoms with Gasteiger partial charge in [-0.25, -0.2) is 0 Å². The lowest BCUT2D eigenvalue weighted by Crippen LogP contribution is -1.99. The first-order valence-corrected chi connectivity index (χ1v) is 6.85. The van der Waals surface area contributed by atoms with Gasteiger partial charge < -0.3 is 4.74 Å². The number of ether oxygens (including phenoxy) is 1. The zero-order valence-corrected chi connectivity index (χ0v) is 11.4. The van der Waals surface area contributed by atoms with E-state index in [1.807, 2.05) is 0 Å². The summed E-state index contributed by atoms with van der Waals surface area (Å²) in [6.07, 6.45) is 9.84. The predicted octanol–water partition coefficient (Wildman–Crippen LogP) is 4.30. The van der Waals surface area contributed by atoms with Crippen molar-refractivity contribution in [1.82, 2.24) is 0 Å². The van der Waals surface area contributed by atoms with Crippen molar-refractivity contribution in [3.8, 4) is 0 Å². The molecule has 0 fully saturated rings. The third-order valence-electron chi connectivity index (χ3n) is 2.82. The third kappa shape index (κ3) is 10.3. The minimum atomic E-state index is -0.0899. The van der Waals surface area contributed by atoms with Crippen LogP contribution in [-0.4, -0.2) is 18.5 Å². The van der Waals surface area contributed by atoms with Crippen molar-refractivity contribution in [2.24, 2.45) is 0 Å². The third-order valence-corrected chi connectivity index (χ3v) is 3.35. The molecule has 0 radical (unpaired) electrons. The van der Waals surface area contributed by atoms with E-state index in [0.717, 1.165) is 25.7 Å². The Morgan fingerprint density at radius 3 is 2.25 bits per heavy atom. The van der Waals surface area contributed by atoms with Crippen LogP contribution in [0.5, 0.6) is 0 Å². The summed E-state index contributed by atoms with van der Waals surface area (Å²) < 4.78 is 4.58. The van der Waals surface area contributed by atoms with Crippen LogP contribution in [0.4, 0.5) is 0 Å². The van der Waals surface area contributed by atoms with Crippen LogP contribution < -0.4 is 0 Å². The van der Waals surface area contributed by atoms with Gasteiger partial charge in [-0.15, -0.1) is 11.6 Å². The van der Waals surface area contributed by atoms with Crippen molar-refractivity contribution in [2.45, 2.75) is 70.1 Å². The van der Waals surface area contributed by atoms with Crippen molar-refractivity contribution >= 4 is 17.6 Å². The Hall–Kier alpha value is -0.240. The van der Waals surface area contributed by atoms with E-state index >= 15 is 0 Å². The first kappa shape index (κ1) is 15.8. The molecule has 0 aliphatic heterocycles. The van der Waals surface area contributed by atoms with Crippen LogP contribution in [0.25, 0.3) is 0 Å². The molecule has 0 aromatic rings. The number of alkyl halides is 1. The van der Waals surface area contributed by atoms with Gasteiger partial charge in [0.1, 0.15) is 0 Å². The molecule has 3 heteroatoms. The molecule has 0 heterocycles. The van der Waals surface area contributed by atoms with E-state index in [-0.39, 0.29) is 5.97 Å². The molecule has 96 valence electrons. The smallest absolute Gasteiger partial charge is 0.305 e. The Balaban J connectivity index is 3.07. The SMILES string of the molecule is CCC(Cl)CCCCCCCCC(=O)OC. The molecule has 0 aliphatic carbocycles. The van der Waals surface area contributed by atoms with Crippen molar-refractivity contribution in [3.05, 3.63) is 0 Å². The second-order valence-electron chi connectivity index (χ2n) is 4.24. The molecule has 0 saturated carbocycles. The molecule has 0 bridgehead atoms. The van der Waals surface area contributed by atoms with Crippen LogP contribution in [0, 0.1) is 0 Å². The van der Waals surface area contributed by atoms with Gasteiger partial charge in [0.25, 0.3) is 0 Å². The highest BCUT2D eigenvalue weighted by molar-refractivity contribution is 6.20. The summed E-state index contributed by atoms with van der Waals surface area (Å²) >= 11 is 6.03. The van der Waals surface area contributed by atoms with Gasteiger partial charge in [0.2, 0.25) is 0 Å². The van der Waals surface area contributed by atoms with E-state index in [2.05, 4.69) is 11.7 Å². The van der Waals surface area contributed by atoms with Gasteiger partial charge in [-0.05, 0) is 19.3 Å². The minimum absolute atomic E-state index is 0.0899. The molecule has 0 amide bonds. The Bertz CT molecular complexity index is 171. The maximum Gasteiger partial charge on any atom is 0.305 e.